The van der Waals surface area contributed by atoms with Crippen LogP contribution >= 0.6 is 11.8 Å². The highest BCUT2D eigenvalue weighted by molar-refractivity contribution is 7.99. The Labute approximate surface area is 160 Å². The number of carbonyl (C=O) groups excluding carboxylic acids is 1. The van der Waals surface area contributed by atoms with Gasteiger partial charge in [-0.3, -0.25) is 9.36 Å². The summed E-state index contributed by atoms with van der Waals surface area (Å²) >= 11 is 1.21. The van der Waals surface area contributed by atoms with Crippen LogP contribution < -0.4 is 5.73 Å². The Morgan fingerprint density at radius 3 is 2.67 bits per heavy atom. The van der Waals surface area contributed by atoms with E-state index in [2.05, 4.69) is 10.2 Å². The number of hydrogen-bond acceptors (Lipinski definition) is 7. The van der Waals surface area contributed by atoms with Crippen molar-refractivity contribution in [2.45, 2.75) is 18.6 Å². The molecule has 0 saturated heterocycles. The molecule has 0 fully saturated rings. The van der Waals surface area contributed by atoms with Gasteiger partial charge in [0, 0.05) is 5.70 Å². The van der Waals surface area contributed by atoms with E-state index in [-0.39, 0.29) is 22.8 Å². The molecule has 0 amide bonds. The van der Waals surface area contributed by atoms with E-state index in [0.717, 1.165) is 5.56 Å². The molecule has 136 valence electrons. The van der Waals surface area contributed by atoms with E-state index < -0.39 is 0 Å². The lowest BCUT2D eigenvalue weighted by Crippen LogP contribution is -2.11. The lowest BCUT2D eigenvalue weighted by Gasteiger charge is -2.09. The van der Waals surface area contributed by atoms with Gasteiger partial charge in [0.15, 0.2) is 16.7 Å². The molecule has 0 bridgehead atoms. The number of ketones is 1. The maximum absolute atomic E-state index is 12.2. The number of nitriles is 1. The molecule has 3 rings (SSSR count). The zero-order valence-electron chi connectivity index (χ0n) is 14.6. The summed E-state index contributed by atoms with van der Waals surface area (Å²) in [6.07, 6.45) is 1.57. The maximum atomic E-state index is 12.2. The molecule has 27 heavy (non-hydrogen) atoms. The van der Waals surface area contributed by atoms with Crippen LogP contribution in [0, 0.1) is 11.3 Å². The zero-order chi connectivity index (χ0) is 19.2. The number of aromatic nitrogens is 3. The first kappa shape index (κ1) is 18.5. The smallest absolute Gasteiger partial charge is 0.200 e. The lowest BCUT2D eigenvalue weighted by molar-refractivity contribution is -0.112. The van der Waals surface area contributed by atoms with E-state index in [1.165, 1.54) is 18.7 Å². The standard InChI is InChI=1S/C19H17N5O2S/c1-13(21)15(10-20)16(25)12-27-19-23-22-18(17-8-5-9-26-17)24(19)11-14-6-3-2-4-7-14/h2-9H,11-12,21H2,1H3/b15-13-. The largest absolute Gasteiger partial charge is 0.461 e. The first-order chi connectivity index (χ1) is 13.1. The Bertz CT molecular complexity index is 997. The topological polar surface area (TPSA) is 111 Å². The molecule has 2 N–H and O–H groups in total. The Hall–Kier alpha value is -3.31. The summed E-state index contributed by atoms with van der Waals surface area (Å²) in [5, 5.41) is 18.1. The molecule has 0 saturated carbocycles. The minimum absolute atomic E-state index is 0.0251. The number of furan rings is 1. The summed E-state index contributed by atoms with van der Waals surface area (Å²) in [5.41, 5.74) is 6.85. The number of nitrogens with zero attached hydrogens (tertiary/aromatic N) is 4. The number of thioether (sulfide) groups is 1. The molecule has 1 aromatic carbocycles. The van der Waals surface area contributed by atoms with Gasteiger partial charge < -0.3 is 10.2 Å². The Morgan fingerprint density at radius 1 is 1.26 bits per heavy atom. The van der Waals surface area contributed by atoms with Crippen molar-refractivity contribution < 1.29 is 9.21 Å². The first-order valence-electron chi connectivity index (χ1n) is 8.13. The third-order valence-corrected chi connectivity index (χ3v) is 4.73. The van der Waals surface area contributed by atoms with Gasteiger partial charge in [0.2, 0.25) is 5.82 Å². The second-order valence-corrected chi connectivity index (χ2v) is 6.68. The average molecular weight is 379 g/mol. The molecular weight excluding hydrogens is 362 g/mol. The normalized spacial score (nSPS) is 11.7. The minimum atomic E-state index is -0.337. The van der Waals surface area contributed by atoms with Crippen molar-refractivity contribution in [3.63, 3.8) is 0 Å². The van der Waals surface area contributed by atoms with Crippen LogP contribution in [0.2, 0.25) is 0 Å². The van der Waals surface area contributed by atoms with Crippen LogP contribution in [0.15, 0.2) is 69.6 Å². The van der Waals surface area contributed by atoms with E-state index in [0.29, 0.717) is 23.3 Å². The summed E-state index contributed by atoms with van der Waals surface area (Å²) in [6, 6.07) is 15.3. The zero-order valence-corrected chi connectivity index (χ0v) is 15.4. The van der Waals surface area contributed by atoms with E-state index in [1.54, 1.807) is 18.4 Å². The number of carbonyl (C=O) groups is 1. The molecular formula is C19H17N5O2S. The lowest BCUT2D eigenvalue weighted by atomic mass is 10.2. The fourth-order valence-corrected chi connectivity index (χ4v) is 3.27. The van der Waals surface area contributed by atoms with Crippen LogP contribution in [0.25, 0.3) is 11.6 Å². The fraction of sp³-hybridized carbons (Fsp3) is 0.158. The van der Waals surface area contributed by atoms with Gasteiger partial charge in [0.25, 0.3) is 0 Å². The van der Waals surface area contributed by atoms with Crippen molar-refractivity contribution in [3.05, 3.63) is 65.6 Å². The van der Waals surface area contributed by atoms with Crippen LogP contribution in [0.5, 0.6) is 0 Å². The number of rotatable bonds is 7. The van der Waals surface area contributed by atoms with Gasteiger partial charge in [0.1, 0.15) is 11.6 Å². The van der Waals surface area contributed by atoms with Crippen LogP contribution in [-0.4, -0.2) is 26.3 Å². The van der Waals surface area contributed by atoms with Gasteiger partial charge in [0.05, 0.1) is 18.6 Å². The van der Waals surface area contributed by atoms with Crippen LogP contribution in [0.4, 0.5) is 0 Å². The number of benzene rings is 1. The second-order valence-electron chi connectivity index (χ2n) is 5.74. The highest BCUT2D eigenvalue weighted by Gasteiger charge is 2.19. The predicted octanol–water partition coefficient (Wildman–Crippen LogP) is 3.00. The highest BCUT2D eigenvalue weighted by atomic mass is 32.2. The molecule has 2 aromatic heterocycles. The number of allylic oxidation sites excluding steroid dienone is 2. The van der Waals surface area contributed by atoms with E-state index in [4.69, 9.17) is 15.4 Å². The molecule has 8 heteroatoms. The average Bonchev–Trinajstić information content (AvgIpc) is 3.31. The molecule has 0 spiro atoms. The van der Waals surface area contributed by atoms with Gasteiger partial charge in [-0.25, -0.2) is 0 Å². The molecule has 0 unspecified atom stereocenters. The van der Waals surface area contributed by atoms with Crippen molar-refractivity contribution in [1.82, 2.24) is 14.8 Å². The Kier molecular flexibility index (Phi) is 5.74. The van der Waals surface area contributed by atoms with Crippen molar-refractivity contribution in [3.8, 4) is 17.7 Å². The van der Waals surface area contributed by atoms with Crippen molar-refractivity contribution in [2.24, 2.45) is 5.73 Å². The van der Waals surface area contributed by atoms with E-state index in [9.17, 15) is 4.79 Å². The van der Waals surface area contributed by atoms with E-state index in [1.807, 2.05) is 41.0 Å². The van der Waals surface area contributed by atoms with Gasteiger partial charge in [-0.15, -0.1) is 10.2 Å². The maximum Gasteiger partial charge on any atom is 0.200 e. The van der Waals surface area contributed by atoms with Gasteiger partial charge in [-0.05, 0) is 24.6 Å². The van der Waals surface area contributed by atoms with Crippen molar-refractivity contribution in [1.29, 1.82) is 5.26 Å². The third-order valence-electron chi connectivity index (χ3n) is 3.76. The predicted molar refractivity (Wildman–Crippen MR) is 101 cm³/mol. The van der Waals surface area contributed by atoms with Crippen molar-refractivity contribution in [2.75, 3.05) is 5.75 Å². The van der Waals surface area contributed by atoms with Gasteiger partial charge in [-0.2, -0.15) is 5.26 Å². The quantitative estimate of drug-likeness (QED) is 0.381. The number of Topliss-reactive ketones (excluding diaryl/α,β-unsaturated/α-hetero) is 1. The van der Waals surface area contributed by atoms with Crippen molar-refractivity contribution >= 4 is 17.5 Å². The molecule has 2 heterocycles. The van der Waals surface area contributed by atoms with Crippen LogP contribution in [-0.2, 0) is 11.3 Å². The number of nitrogens with two attached hydrogens (primary N) is 1. The summed E-state index contributed by atoms with van der Waals surface area (Å²) in [6.45, 7) is 2.06. The van der Waals surface area contributed by atoms with Crippen LogP contribution in [0.3, 0.4) is 0 Å². The minimum Gasteiger partial charge on any atom is -0.461 e. The fourth-order valence-electron chi connectivity index (χ4n) is 2.46. The van der Waals surface area contributed by atoms with Gasteiger partial charge >= 0.3 is 0 Å². The summed E-state index contributed by atoms with van der Waals surface area (Å²) in [4.78, 5) is 12.2. The molecule has 0 atom stereocenters. The summed E-state index contributed by atoms with van der Waals surface area (Å²) < 4.78 is 7.34. The van der Waals surface area contributed by atoms with Crippen LogP contribution in [0.1, 0.15) is 12.5 Å². The SMILES string of the molecule is C/C(N)=C(\C#N)C(=O)CSc1nnc(-c2ccco2)n1Cc1ccccc1. The number of hydrogen-bond donors (Lipinski definition) is 1. The summed E-state index contributed by atoms with van der Waals surface area (Å²) in [5.74, 6) is 0.871. The molecule has 0 aliphatic carbocycles. The molecule has 0 aliphatic heterocycles. The Morgan fingerprint density at radius 2 is 2.04 bits per heavy atom. The molecule has 0 aliphatic rings. The second kappa shape index (κ2) is 8.38. The summed E-state index contributed by atoms with van der Waals surface area (Å²) in [7, 11) is 0. The van der Waals surface area contributed by atoms with E-state index >= 15 is 0 Å². The monoisotopic (exact) mass is 379 g/mol. The highest BCUT2D eigenvalue weighted by Crippen LogP contribution is 2.26. The third kappa shape index (κ3) is 4.27. The first-order valence-corrected chi connectivity index (χ1v) is 9.12. The van der Waals surface area contributed by atoms with Gasteiger partial charge in [-0.1, -0.05) is 42.1 Å². The molecule has 3 aromatic rings. The molecule has 7 nitrogen and oxygen atoms in total. The molecule has 0 radical (unpaired) electrons. The Balaban J connectivity index is 1.88.